The Bertz CT molecular complexity index is 1070. The second-order valence-electron chi connectivity index (χ2n) is 6.06. The molecule has 0 spiro atoms. The van der Waals surface area contributed by atoms with Crippen molar-refractivity contribution in [3.63, 3.8) is 0 Å². The first-order valence-corrected chi connectivity index (χ1v) is 9.23. The van der Waals surface area contributed by atoms with E-state index in [1.165, 1.54) is 0 Å². The van der Waals surface area contributed by atoms with E-state index in [0.29, 0.717) is 0 Å². The van der Waals surface area contributed by atoms with E-state index < -0.39 is 0 Å². The van der Waals surface area contributed by atoms with E-state index in [2.05, 4.69) is 15.3 Å². The summed E-state index contributed by atoms with van der Waals surface area (Å²) < 4.78 is 0. The number of nitrogens with zero attached hydrogens (tertiary/aromatic N) is 2. The molecule has 2 aromatic carbocycles. The van der Waals surface area contributed by atoms with E-state index in [1.807, 2.05) is 66.9 Å². The van der Waals surface area contributed by atoms with Gasteiger partial charge in [0.05, 0.1) is 23.3 Å². The van der Waals surface area contributed by atoms with Gasteiger partial charge in [-0.2, -0.15) is 0 Å². The van der Waals surface area contributed by atoms with Crippen LogP contribution in [0.3, 0.4) is 0 Å². The van der Waals surface area contributed by atoms with Gasteiger partial charge in [0.25, 0.3) is 0 Å². The van der Waals surface area contributed by atoms with E-state index >= 15 is 0 Å². The molecule has 0 unspecified atom stereocenters. The molecule has 4 rings (SSSR count). The lowest BCUT2D eigenvalue weighted by molar-refractivity contribution is -0.115. The van der Waals surface area contributed by atoms with Crippen LogP contribution in [0.4, 0.5) is 5.69 Å². The fourth-order valence-corrected chi connectivity index (χ4v) is 3.71. The van der Waals surface area contributed by atoms with Gasteiger partial charge in [-0.15, -0.1) is 11.3 Å². The van der Waals surface area contributed by atoms with E-state index in [0.717, 1.165) is 38.4 Å². The van der Waals surface area contributed by atoms with E-state index in [9.17, 15) is 4.79 Å². The molecule has 5 heteroatoms. The predicted octanol–water partition coefficient (Wildman–Crippen LogP) is 4.85. The van der Waals surface area contributed by atoms with Crippen LogP contribution < -0.4 is 5.32 Å². The SMILES string of the molecule is Cc1ccc(NC(=O)Cc2csc(-c3ccccc3)n2)c2cccnc12. The number of hydrogen-bond acceptors (Lipinski definition) is 4. The summed E-state index contributed by atoms with van der Waals surface area (Å²) in [7, 11) is 0. The Balaban J connectivity index is 1.52. The average molecular weight is 359 g/mol. The third-order valence-corrected chi connectivity index (χ3v) is 5.10. The molecule has 1 amide bonds. The van der Waals surface area contributed by atoms with Crippen LogP contribution >= 0.6 is 11.3 Å². The Morgan fingerprint density at radius 1 is 1.08 bits per heavy atom. The molecule has 128 valence electrons. The largest absolute Gasteiger partial charge is 0.325 e. The number of amides is 1. The number of carbonyl (C=O) groups excluding carboxylic acids is 1. The summed E-state index contributed by atoms with van der Waals surface area (Å²) in [5.74, 6) is -0.0797. The molecular weight excluding hydrogens is 342 g/mol. The van der Waals surface area contributed by atoms with Crippen molar-refractivity contribution in [2.24, 2.45) is 0 Å². The maximum absolute atomic E-state index is 12.5. The molecule has 0 aliphatic heterocycles. The zero-order valence-corrected chi connectivity index (χ0v) is 15.1. The van der Waals surface area contributed by atoms with Crippen LogP contribution in [0, 0.1) is 6.92 Å². The number of anilines is 1. The van der Waals surface area contributed by atoms with Crippen LogP contribution in [-0.2, 0) is 11.2 Å². The number of hydrogen-bond donors (Lipinski definition) is 1. The molecule has 4 aromatic rings. The Morgan fingerprint density at radius 3 is 2.77 bits per heavy atom. The lowest BCUT2D eigenvalue weighted by Crippen LogP contribution is -2.15. The van der Waals surface area contributed by atoms with Crippen molar-refractivity contribution in [2.75, 3.05) is 5.32 Å². The first-order chi connectivity index (χ1) is 12.7. The molecule has 0 atom stereocenters. The molecule has 0 saturated heterocycles. The highest BCUT2D eigenvalue weighted by Gasteiger charge is 2.11. The predicted molar refractivity (Wildman–Crippen MR) is 106 cm³/mol. The molecule has 26 heavy (non-hydrogen) atoms. The van der Waals surface area contributed by atoms with Gasteiger partial charge in [0, 0.05) is 22.5 Å². The van der Waals surface area contributed by atoms with Crippen LogP contribution in [0.2, 0.25) is 0 Å². The van der Waals surface area contributed by atoms with Crippen molar-refractivity contribution in [2.45, 2.75) is 13.3 Å². The summed E-state index contributed by atoms with van der Waals surface area (Å²) in [5.41, 5.74) is 4.62. The van der Waals surface area contributed by atoms with Gasteiger partial charge in [-0.3, -0.25) is 9.78 Å². The molecule has 0 fully saturated rings. The van der Waals surface area contributed by atoms with Crippen molar-refractivity contribution in [3.05, 3.63) is 77.4 Å². The van der Waals surface area contributed by atoms with Crippen molar-refractivity contribution >= 4 is 33.8 Å². The number of rotatable bonds is 4. The Hall–Kier alpha value is -3.05. The summed E-state index contributed by atoms with van der Waals surface area (Å²) in [6.45, 7) is 2.02. The summed E-state index contributed by atoms with van der Waals surface area (Å²) in [5, 5.41) is 6.81. The summed E-state index contributed by atoms with van der Waals surface area (Å²) in [4.78, 5) is 21.5. The van der Waals surface area contributed by atoms with Crippen LogP contribution in [0.5, 0.6) is 0 Å². The van der Waals surface area contributed by atoms with Gasteiger partial charge in [-0.05, 0) is 30.7 Å². The van der Waals surface area contributed by atoms with Crippen LogP contribution in [0.15, 0.2) is 66.2 Å². The number of aryl methyl sites for hydroxylation is 1. The Kier molecular flexibility index (Phi) is 4.46. The molecule has 0 bridgehead atoms. The number of fused-ring (bicyclic) bond motifs is 1. The van der Waals surface area contributed by atoms with Gasteiger partial charge in [-0.25, -0.2) is 4.98 Å². The number of pyridine rings is 1. The van der Waals surface area contributed by atoms with E-state index in [1.54, 1.807) is 17.5 Å². The van der Waals surface area contributed by atoms with Crippen LogP contribution in [-0.4, -0.2) is 15.9 Å². The lowest BCUT2D eigenvalue weighted by Gasteiger charge is -2.09. The maximum atomic E-state index is 12.5. The third-order valence-electron chi connectivity index (χ3n) is 4.16. The van der Waals surface area contributed by atoms with Crippen molar-refractivity contribution < 1.29 is 4.79 Å². The zero-order valence-electron chi connectivity index (χ0n) is 14.3. The number of thiazole rings is 1. The minimum Gasteiger partial charge on any atom is -0.325 e. The third kappa shape index (κ3) is 3.34. The molecule has 0 aliphatic carbocycles. The first-order valence-electron chi connectivity index (χ1n) is 8.35. The maximum Gasteiger partial charge on any atom is 0.230 e. The highest BCUT2D eigenvalue weighted by molar-refractivity contribution is 7.13. The van der Waals surface area contributed by atoms with Gasteiger partial charge < -0.3 is 5.32 Å². The van der Waals surface area contributed by atoms with E-state index in [-0.39, 0.29) is 12.3 Å². The van der Waals surface area contributed by atoms with Gasteiger partial charge in [-0.1, -0.05) is 36.4 Å². The quantitative estimate of drug-likeness (QED) is 0.567. The number of aromatic nitrogens is 2. The van der Waals surface area contributed by atoms with Gasteiger partial charge in [0.1, 0.15) is 5.01 Å². The first kappa shape index (κ1) is 16.4. The summed E-state index contributed by atoms with van der Waals surface area (Å²) in [6.07, 6.45) is 2.01. The smallest absolute Gasteiger partial charge is 0.230 e. The Labute approximate surface area is 155 Å². The normalized spacial score (nSPS) is 10.8. The average Bonchev–Trinajstić information content (AvgIpc) is 3.13. The fourth-order valence-electron chi connectivity index (χ4n) is 2.88. The standard InChI is InChI=1S/C21H17N3OS/c1-14-9-10-18(17-8-5-11-22-20(14)17)24-19(25)12-16-13-26-21(23-16)15-6-3-2-4-7-15/h2-11,13H,12H2,1H3,(H,24,25). The molecule has 4 nitrogen and oxygen atoms in total. The molecule has 0 saturated carbocycles. The highest BCUT2D eigenvalue weighted by atomic mass is 32.1. The lowest BCUT2D eigenvalue weighted by atomic mass is 10.1. The van der Waals surface area contributed by atoms with E-state index in [4.69, 9.17) is 0 Å². The topological polar surface area (TPSA) is 54.9 Å². The molecule has 2 heterocycles. The number of benzene rings is 2. The molecule has 0 radical (unpaired) electrons. The zero-order chi connectivity index (χ0) is 17.9. The van der Waals surface area contributed by atoms with Crippen LogP contribution in [0.25, 0.3) is 21.5 Å². The Morgan fingerprint density at radius 2 is 1.92 bits per heavy atom. The minimum atomic E-state index is -0.0797. The highest BCUT2D eigenvalue weighted by Crippen LogP contribution is 2.26. The summed E-state index contributed by atoms with van der Waals surface area (Å²) >= 11 is 1.55. The fraction of sp³-hybridized carbons (Fsp3) is 0.0952. The molecular formula is C21H17N3OS. The van der Waals surface area contributed by atoms with Gasteiger partial charge in [0.15, 0.2) is 0 Å². The van der Waals surface area contributed by atoms with Crippen molar-refractivity contribution in [1.82, 2.24) is 9.97 Å². The minimum absolute atomic E-state index is 0.0797. The summed E-state index contributed by atoms with van der Waals surface area (Å²) in [6, 6.07) is 17.7. The van der Waals surface area contributed by atoms with Crippen molar-refractivity contribution in [3.8, 4) is 10.6 Å². The van der Waals surface area contributed by atoms with Crippen molar-refractivity contribution in [1.29, 1.82) is 0 Å². The molecule has 1 N–H and O–H groups in total. The number of carbonyl (C=O) groups is 1. The second-order valence-corrected chi connectivity index (χ2v) is 6.92. The van der Waals surface area contributed by atoms with Gasteiger partial charge in [0.2, 0.25) is 5.91 Å². The van der Waals surface area contributed by atoms with Gasteiger partial charge >= 0.3 is 0 Å². The molecule has 2 aromatic heterocycles. The second kappa shape index (κ2) is 7.06. The number of nitrogens with one attached hydrogen (secondary N) is 1. The molecule has 0 aliphatic rings. The monoisotopic (exact) mass is 359 g/mol. The van der Waals surface area contributed by atoms with Crippen LogP contribution in [0.1, 0.15) is 11.3 Å².